The van der Waals surface area contributed by atoms with Gasteiger partial charge in [0, 0.05) is 21.6 Å². The molecular formula is C9H7BrClNO. The molecule has 0 radical (unpaired) electrons. The third kappa shape index (κ3) is 1.71. The Morgan fingerprint density at radius 2 is 2.15 bits per heavy atom. The summed E-state index contributed by atoms with van der Waals surface area (Å²) in [7, 11) is 0. The largest absolute Gasteiger partial charge is 0.326 e. The molecule has 0 saturated heterocycles. The van der Waals surface area contributed by atoms with Gasteiger partial charge in [-0.15, -0.1) is 0 Å². The third-order valence-corrected chi connectivity index (χ3v) is 2.83. The number of carbonyl (C=O) groups is 1. The number of benzene rings is 1. The number of hydrogen-bond acceptors (Lipinski definition) is 1. The zero-order valence-electron chi connectivity index (χ0n) is 6.73. The van der Waals surface area contributed by atoms with E-state index in [1.807, 2.05) is 12.1 Å². The predicted molar refractivity (Wildman–Crippen MR) is 56.1 cm³/mol. The van der Waals surface area contributed by atoms with Crippen LogP contribution in [-0.2, 0) is 11.2 Å². The molecule has 1 aromatic rings. The second-order valence-electron chi connectivity index (χ2n) is 2.96. The molecule has 1 N–H and O–H groups in total. The lowest BCUT2D eigenvalue weighted by molar-refractivity contribution is -0.116. The van der Waals surface area contributed by atoms with Crippen LogP contribution in [0.15, 0.2) is 16.6 Å². The number of halogens is 2. The van der Waals surface area contributed by atoms with Crippen molar-refractivity contribution in [1.29, 1.82) is 0 Å². The van der Waals surface area contributed by atoms with Crippen molar-refractivity contribution >= 4 is 39.1 Å². The van der Waals surface area contributed by atoms with Gasteiger partial charge in [0.25, 0.3) is 0 Å². The molecule has 68 valence electrons. The van der Waals surface area contributed by atoms with Gasteiger partial charge in [0.05, 0.1) is 0 Å². The molecule has 1 aliphatic rings. The van der Waals surface area contributed by atoms with Gasteiger partial charge in [-0.3, -0.25) is 4.79 Å². The first kappa shape index (κ1) is 9.03. The highest BCUT2D eigenvalue weighted by molar-refractivity contribution is 9.10. The maximum Gasteiger partial charge on any atom is 0.224 e. The van der Waals surface area contributed by atoms with Gasteiger partial charge in [-0.05, 0) is 24.1 Å². The maximum absolute atomic E-state index is 11.1. The topological polar surface area (TPSA) is 29.1 Å². The average molecular weight is 261 g/mol. The van der Waals surface area contributed by atoms with Crippen molar-refractivity contribution in [2.45, 2.75) is 12.8 Å². The fourth-order valence-electron chi connectivity index (χ4n) is 1.42. The van der Waals surface area contributed by atoms with Crippen LogP contribution in [0.3, 0.4) is 0 Å². The molecule has 0 fully saturated rings. The highest BCUT2D eigenvalue weighted by Gasteiger charge is 2.17. The highest BCUT2D eigenvalue weighted by atomic mass is 79.9. The van der Waals surface area contributed by atoms with Crippen LogP contribution in [0, 0.1) is 0 Å². The summed E-state index contributed by atoms with van der Waals surface area (Å²) in [5.41, 5.74) is 1.86. The summed E-state index contributed by atoms with van der Waals surface area (Å²) in [5.74, 6) is 0.0571. The zero-order valence-corrected chi connectivity index (χ0v) is 9.08. The number of rotatable bonds is 0. The van der Waals surface area contributed by atoms with E-state index in [2.05, 4.69) is 21.2 Å². The van der Waals surface area contributed by atoms with Crippen molar-refractivity contribution in [2.75, 3.05) is 5.32 Å². The Hall–Kier alpha value is -0.540. The van der Waals surface area contributed by atoms with Crippen molar-refractivity contribution < 1.29 is 4.79 Å². The lowest BCUT2D eigenvalue weighted by atomic mass is 10.0. The average Bonchev–Trinajstić information content (AvgIpc) is 2.02. The highest BCUT2D eigenvalue weighted by Crippen LogP contribution is 2.32. The van der Waals surface area contributed by atoms with Crippen LogP contribution in [0.4, 0.5) is 5.69 Å². The minimum absolute atomic E-state index is 0.0571. The fourth-order valence-corrected chi connectivity index (χ4v) is 2.32. The first-order valence-corrected chi connectivity index (χ1v) is 5.11. The van der Waals surface area contributed by atoms with E-state index in [0.29, 0.717) is 11.4 Å². The monoisotopic (exact) mass is 259 g/mol. The minimum atomic E-state index is 0.0571. The summed E-state index contributed by atoms with van der Waals surface area (Å²) < 4.78 is 0.887. The molecule has 0 atom stereocenters. The summed E-state index contributed by atoms with van der Waals surface area (Å²) in [4.78, 5) is 11.1. The van der Waals surface area contributed by atoms with E-state index < -0.39 is 0 Å². The molecule has 0 aliphatic carbocycles. The van der Waals surface area contributed by atoms with Gasteiger partial charge in [-0.1, -0.05) is 27.5 Å². The summed E-state index contributed by atoms with van der Waals surface area (Å²) >= 11 is 9.34. The Labute approximate surface area is 89.4 Å². The fraction of sp³-hybridized carbons (Fsp3) is 0.222. The van der Waals surface area contributed by atoms with Crippen molar-refractivity contribution in [3.63, 3.8) is 0 Å². The quantitative estimate of drug-likeness (QED) is 0.763. The van der Waals surface area contributed by atoms with E-state index in [9.17, 15) is 4.79 Å². The summed E-state index contributed by atoms with van der Waals surface area (Å²) in [6.07, 6.45) is 1.25. The molecule has 0 unspecified atom stereocenters. The van der Waals surface area contributed by atoms with Crippen LogP contribution in [-0.4, -0.2) is 5.91 Å². The number of hydrogen-bond donors (Lipinski definition) is 1. The van der Waals surface area contributed by atoms with Crippen molar-refractivity contribution in [3.05, 3.63) is 27.2 Å². The Balaban J connectivity index is 2.53. The lowest BCUT2D eigenvalue weighted by Crippen LogP contribution is -2.19. The Morgan fingerprint density at radius 1 is 1.38 bits per heavy atom. The second kappa shape index (κ2) is 3.31. The molecule has 0 bridgehead atoms. The molecule has 4 heteroatoms. The van der Waals surface area contributed by atoms with E-state index in [4.69, 9.17) is 11.6 Å². The molecule has 1 amide bonds. The van der Waals surface area contributed by atoms with E-state index >= 15 is 0 Å². The Bertz CT molecular complexity index is 378. The van der Waals surface area contributed by atoms with Crippen molar-refractivity contribution in [1.82, 2.24) is 0 Å². The number of fused-ring (bicyclic) bond motifs is 1. The first-order chi connectivity index (χ1) is 6.16. The van der Waals surface area contributed by atoms with Gasteiger partial charge < -0.3 is 5.32 Å². The second-order valence-corrected chi connectivity index (χ2v) is 4.28. The van der Waals surface area contributed by atoms with E-state index in [-0.39, 0.29) is 5.91 Å². The van der Waals surface area contributed by atoms with E-state index in [0.717, 1.165) is 22.1 Å². The molecule has 2 rings (SSSR count). The maximum atomic E-state index is 11.1. The van der Waals surface area contributed by atoms with Gasteiger partial charge in [0.1, 0.15) is 0 Å². The Kier molecular flexibility index (Phi) is 2.30. The molecule has 13 heavy (non-hydrogen) atoms. The molecule has 1 aromatic carbocycles. The normalized spacial score (nSPS) is 15.1. The zero-order chi connectivity index (χ0) is 9.42. The number of amides is 1. The van der Waals surface area contributed by atoms with Crippen LogP contribution in [0.1, 0.15) is 12.0 Å². The summed E-state index contributed by atoms with van der Waals surface area (Å²) in [6, 6.07) is 3.72. The standard InChI is InChI=1S/C9H7BrClNO/c10-5-3-7(11)6-1-2-9(13)12-8(6)4-5/h3-4H,1-2H2,(H,12,13). The molecular weight excluding hydrogens is 253 g/mol. The number of anilines is 1. The van der Waals surface area contributed by atoms with Crippen LogP contribution in [0.25, 0.3) is 0 Å². The van der Waals surface area contributed by atoms with Gasteiger partial charge in [0.15, 0.2) is 0 Å². The van der Waals surface area contributed by atoms with Crippen LogP contribution in [0.5, 0.6) is 0 Å². The Morgan fingerprint density at radius 3 is 2.92 bits per heavy atom. The molecule has 2 nitrogen and oxygen atoms in total. The number of nitrogens with one attached hydrogen (secondary N) is 1. The van der Waals surface area contributed by atoms with Crippen molar-refractivity contribution in [2.24, 2.45) is 0 Å². The molecule has 1 aliphatic heterocycles. The minimum Gasteiger partial charge on any atom is -0.326 e. The molecule has 0 aromatic heterocycles. The lowest BCUT2D eigenvalue weighted by Gasteiger charge is -2.18. The SMILES string of the molecule is O=C1CCc2c(Cl)cc(Br)cc2N1. The first-order valence-electron chi connectivity index (χ1n) is 3.94. The van der Waals surface area contributed by atoms with Crippen LogP contribution < -0.4 is 5.32 Å². The van der Waals surface area contributed by atoms with E-state index in [1.54, 1.807) is 0 Å². The molecule has 1 heterocycles. The number of carbonyl (C=O) groups excluding carboxylic acids is 1. The predicted octanol–water partition coefficient (Wildman–Crippen LogP) is 2.99. The summed E-state index contributed by atoms with van der Waals surface area (Å²) in [5, 5.41) is 3.50. The van der Waals surface area contributed by atoms with Crippen LogP contribution in [0.2, 0.25) is 5.02 Å². The van der Waals surface area contributed by atoms with Crippen LogP contribution >= 0.6 is 27.5 Å². The van der Waals surface area contributed by atoms with Gasteiger partial charge in [-0.2, -0.15) is 0 Å². The van der Waals surface area contributed by atoms with Gasteiger partial charge in [0.2, 0.25) is 5.91 Å². The smallest absolute Gasteiger partial charge is 0.224 e. The van der Waals surface area contributed by atoms with Gasteiger partial charge >= 0.3 is 0 Å². The summed E-state index contributed by atoms with van der Waals surface area (Å²) in [6.45, 7) is 0. The molecule has 0 spiro atoms. The van der Waals surface area contributed by atoms with Crippen molar-refractivity contribution in [3.8, 4) is 0 Å². The van der Waals surface area contributed by atoms with E-state index in [1.165, 1.54) is 0 Å². The third-order valence-electron chi connectivity index (χ3n) is 2.04. The molecule has 0 saturated carbocycles. The van der Waals surface area contributed by atoms with Gasteiger partial charge in [-0.25, -0.2) is 0 Å².